The molecule has 0 aromatic carbocycles. The van der Waals surface area contributed by atoms with Crippen LogP contribution in [-0.4, -0.2) is 5.54 Å². The average Bonchev–Trinajstić information content (AvgIpc) is 2.00. The van der Waals surface area contributed by atoms with E-state index in [0.717, 1.165) is 19.3 Å². The van der Waals surface area contributed by atoms with E-state index in [0.29, 0.717) is 0 Å². The van der Waals surface area contributed by atoms with E-state index in [1.165, 1.54) is 0 Å². The van der Waals surface area contributed by atoms with Gasteiger partial charge in [0.25, 0.3) is 0 Å². The summed E-state index contributed by atoms with van der Waals surface area (Å²) in [6.45, 7) is 6.38. The number of hydrogen-bond donors (Lipinski definition) is 1. The molecule has 2 N–H and O–H groups in total. The highest BCUT2D eigenvalue weighted by molar-refractivity contribution is 5.02. The summed E-state index contributed by atoms with van der Waals surface area (Å²) < 4.78 is 0. The van der Waals surface area contributed by atoms with E-state index in [1.807, 2.05) is 0 Å². The van der Waals surface area contributed by atoms with E-state index in [9.17, 15) is 0 Å². The van der Waals surface area contributed by atoms with E-state index < -0.39 is 0 Å². The summed E-state index contributed by atoms with van der Waals surface area (Å²) in [5.41, 5.74) is 5.95. The van der Waals surface area contributed by atoms with E-state index in [2.05, 4.69) is 32.9 Å². The fourth-order valence-electron chi connectivity index (χ4n) is 0.838. The molecule has 0 heterocycles. The SMILES string of the molecule is CCC=CC(N)(CC)CC. The van der Waals surface area contributed by atoms with E-state index in [4.69, 9.17) is 5.73 Å². The summed E-state index contributed by atoms with van der Waals surface area (Å²) in [7, 11) is 0. The van der Waals surface area contributed by atoms with Gasteiger partial charge < -0.3 is 5.73 Å². The van der Waals surface area contributed by atoms with E-state index in [-0.39, 0.29) is 5.54 Å². The Hall–Kier alpha value is -0.300. The third kappa shape index (κ3) is 3.02. The maximum atomic E-state index is 6.00. The minimum Gasteiger partial charge on any atom is -0.322 e. The van der Waals surface area contributed by atoms with Crippen molar-refractivity contribution < 1.29 is 0 Å². The molecule has 0 aromatic heterocycles. The summed E-state index contributed by atoms with van der Waals surface area (Å²) >= 11 is 0. The van der Waals surface area contributed by atoms with Crippen LogP contribution in [0.15, 0.2) is 12.2 Å². The van der Waals surface area contributed by atoms with Crippen molar-refractivity contribution in [3.63, 3.8) is 0 Å². The average molecular weight is 141 g/mol. The van der Waals surface area contributed by atoms with Crippen molar-refractivity contribution in [3.05, 3.63) is 12.2 Å². The lowest BCUT2D eigenvalue weighted by Gasteiger charge is -2.21. The zero-order valence-electron chi connectivity index (χ0n) is 7.35. The van der Waals surface area contributed by atoms with Gasteiger partial charge in [0.15, 0.2) is 0 Å². The third-order valence-corrected chi connectivity index (χ3v) is 2.00. The van der Waals surface area contributed by atoms with Gasteiger partial charge in [-0.05, 0) is 19.3 Å². The number of nitrogens with two attached hydrogens (primary N) is 1. The first-order chi connectivity index (χ1) is 4.68. The second-order valence-electron chi connectivity index (χ2n) is 2.75. The normalized spacial score (nSPS) is 12.8. The minimum atomic E-state index is -0.0456. The van der Waals surface area contributed by atoms with Crippen LogP contribution in [0.2, 0.25) is 0 Å². The van der Waals surface area contributed by atoms with Crippen molar-refractivity contribution in [2.45, 2.75) is 45.6 Å². The first kappa shape index (κ1) is 9.70. The smallest absolute Gasteiger partial charge is 0.0333 e. The Balaban J connectivity index is 3.92. The fraction of sp³-hybridized carbons (Fsp3) is 0.778. The minimum absolute atomic E-state index is 0.0456. The van der Waals surface area contributed by atoms with Crippen LogP contribution in [0.5, 0.6) is 0 Å². The van der Waals surface area contributed by atoms with Gasteiger partial charge >= 0.3 is 0 Å². The zero-order valence-corrected chi connectivity index (χ0v) is 7.35. The molecule has 0 rings (SSSR count). The van der Waals surface area contributed by atoms with Gasteiger partial charge in [0.05, 0.1) is 0 Å². The second-order valence-corrected chi connectivity index (χ2v) is 2.75. The number of rotatable bonds is 4. The molecular formula is C9H19N. The summed E-state index contributed by atoms with van der Waals surface area (Å²) in [5, 5.41) is 0. The van der Waals surface area contributed by atoms with Gasteiger partial charge in [-0.1, -0.05) is 32.9 Å². The molecule has 0 fully saturated rings. The van der Waals surface area contributed by atoms with Crippen molar-refractivity contribution >= 4 is 0 Å². The molecule has 0 aliphatic heterocycles. The standard InChI is InChI=1S/C9H19N/c1-4-7-8-9(10,5-2)6-3/h7-8H,4-6,10H2,1-3H3. The summed E-state index contributed by atoms with van der Waals surface area (Å²) in [6.07, 6.45) is 7.42. The van der Waals surface area contributed by atoms with Crippen LogP contribution in [0.3, 0.4) is 0 Å². The lowest BCUT2D eigenvalue weighted by molar-refractivity contribution is 0.492. The highest BCUT2D eigenvalue weighted by atomic mass is 14.7. The Morgan fingerprint density at radius 2 is 1.70 bits per heavy atom. The quantitative estimate of drug-likeness (QED) is 0.598. The molecule has 60 valence electrons. The van der Waals surface area contributed by atoms with E-state index in [1.54, 1.807) is 0 Å². The molecule has 1 nitrogen and oxygen atoms in total. The van der Waals surface area contributed by atoms with Gasteiger partial charge in [0, 0.05) is 5.54 Å². The fourth-order valence-corrected chi connectivity index (χ4v) is 0.838. The molecule has 10 heavy (non-hydrogen) atoms. The molecular weight excluding hydrogens is 122 g/mol. The molecule has 0 saturated heterocycles. The summed E-state index contributed by atoms with van der Waals surface area (Å²) in [4.78, 5) is 0. The van der Waals surface area contributed by atoms with Crippen molar-refractivity contribution in [3.8, 4) is 0 Å². The molecule has 0 saturated carbocycles. The zero-order chi connectivity index (χ0) is 8.04. The molecule has 0 aliphatic carbocycles. The monoisotopic (exact) mass is 141 g/mol. The summed E-state index contributed by atoms with van der Waals surface area (Å²) in [5.74, 6) is 0. The van der Waals surface area contributed by atoms with Crippen molar-refractivity contribution in [1.82, 2.24) is 0 Å². The summed E-state index contributed by atoms with van der Waals surface area (Å²) in [6, 6.07) is 0. The van der Waals surface area contributed by atoms with E-state index >= 15 is 0 Å². The molecule has 0 unspecified atom stereocenters. The molecule has 0 radical (unpaired) electrons. The lowest BCUT2D eigenvalue weighted by atomic mass is 9.94. The Labute approximate surface area is 64.3 Å². The first-order valence-electron chi connectivity index (χ1n) is 4.15. The molecule has 0 bridgehead atoms. The van der Waals surface area contributed by atoms with Crippen molar-refractivity contribution in [2.24, 2.45) is 5.73 Å². The predicted molar refractivity (Wildman–Crippen MR) is 46.9 cm³/mol. The van der Waals surface area contributed by atoms with Gasteiger partial charge in [0.1, 0.15) is 0 Å². The highest BCUT2D eigenvalue weighted by Crippen LogP contribution is 2.12. The van der Waals surface area contributed by atoms with Crippen LogP contribution in [0.25, 0.3) is 0 Å². The lowest BCUT2D eigenvalue weighted by Crippen LogP contribution is -2.35. The molecule has 0 amide bonds. The topological polar surface area (TPSA) is 26.0 Å². The number of hydrogen-bond acceptors (Lipinski definition) is 1. The maximum absolute atomic E-state index is 6.00. The Morgan fingerprint density at radius 1 is 1.20 bits per heavy atom. The van der Waals surface area contributed by atoms with Gasteiger partial charge in [-0.3, -0.25) is 0 Å². The number of allylic oxidation sites excluding steroid dienone is 1. The van der Waals surface area contributed by atoms with Crippen LogP contribution in [0, 0.1) is 0 Å². The molecule has 0 spiro atoms. The van der Waals surface area contributed by atoms with Gasteiger partial charge in [-0.15, -0.1) is 0 Å². The Kier molecular flexibility index (Phi) is 4.37. The molecule has 1 heteroatoms. The third-order valence-electron chi connectivity index (χ3n) is 2.00. The van der Waals surface area contributed by atoms with Crippen LogP contribution < -0.4 is 5.73 Å². The van der Waals surface area contributed by atoms with Crippen molar-refractivity contribution in [2.75, 3.05) is 0 Å². The van der Waals surface area contributed by atoms with Gasteiger partial charge in [0.2, 0.25) is 0 Å². The largest absolute Gasteiger partial charge is 0.322 e. The van der Waals surface area contributed by atoms with Crippen LogP contribution in [0.1, 0.15) is 40.0 Å². The van der Waals surface area contributed by atoms with Crippen LogP contribution in [0.4, 0.5) is 0 Å². The maximum Gasteiger partial charge on any atom is 0.0333 e. The highest BCUT2D eigenvalue weighted by Gasteiger charge is 2.14. The van der Waals surface area contributed by atoms with Crippen LogP contribution in [-0.2, 0) is 0 Å². The first-order valence-corrected chi connectivity index (χ1v) is 4.15. The van der Waals surface area contributed by atoms with Gasteiger partial charge in [-0.25, -0.2) is 0 Å². The Morgan fingerprint density at radius 3 is 2.00 bits per heavy atom. The molecule has 0 aliphatic rings. The molecule has 0 aromatic rings. The van der Waals surface area contributed by atoms with Crippen molar-refractivity contribution in [1.29, 1.82) is 0 Å². The predicted octanol–water partition coefficient (Wildman–Crippen LogP) is 2.47. The van der Waals surface area contributed by atoms with Gasteiger partial charge in [-0.2, -0.15) is 0 Å². The molecule has 0 atom stereocenters. The van der Waals surface area contributed by atoms with Crippen LogP contribution >= 0.6 is 0 Å². The second kappa shape index (κ2) is 4.51. The Bertz CT molecular complexity index is 101.